The molecule has 2 rings (SSSR count). The lowest BCUT2D eigenvalue weighted by molar-refractivity contribution is -0.402. The number of urea groups is 1. The molecule has 1 aromatic heterocycles. The first kappa shape index (κ1) is 17.0. The second-order valence-electron chi connectivity index (χ2n) is 5.18. The Morgan fingerprint density at radius 3 is 2.12 bits per heavy atom. The van der Waals surface area contributed by atoms with Gasteiger partial charge in [0.1, 0.15) is 4.92 Å². The monoisotopic (exact) mass is 332 g/mol. The van der Waals surface area contributed by atoms with Gasteiger partial charge in [-0.3, -0.25) is 14.9 Å². The summed E-state index contributed by atoms with van der Waals surface area (Å²) >= 11 is 0. The lowest BCUT2D eigenvalue weighted by atomic mass is 10.2. The summed E-state index contributed by atoms with van der Waals surface area (Å²) in [5, 5.41) is 18.4. The molecule has 2 aromatic rings. The molecule has 0 fully saturated rings. The number of anilines is 2. The van der Waals surface area contributed by atoms with Gasteiger partial charge in [-0.05, 0) is 44.2 Å². The van der Waals surface area contributed by atoms with E-state index in [1.807, 2.05) is 13.8 Å². The van der Waals surface area contributed by atoms with Gasteiger partial charge in [0.25, 0.3) is 5.91 Å². The van der Waals surface area contributed by atoms with Crippen molar-refractivity contribution < 1.29 is 18.9 Å². The van der Waals surface area contributed by atoms with Gasteiger partial charge >= 0.3 is 11.9 Å². The van der Waals surface area contributed by atoms with Crippen LogP contribution in [0, 0.1) is 10.1 Å². The Bertz CT molecular complexity index is 751. The van der Waals surface area contributed by atoms with Crippen LogP contribution in [0.3, 0.4) is 0 Å². The molecule has 0 radical (unpaired) electrons. The van der Waals surface area contributed by atoms with E-state index in [4.69, 9.17) is 4.42 Å². The van der Waals surface area contributed by atoms with Crippen molar-refractivity contribution in [1.82, 2.24) is 5.32 Å². The number of carbonyl (C=O) groups is 2. The Hall–Kier alpha value is -3.36. The molecular weight excluding hydrogens is 316 g/mol. The van der Waals surface area contributed by atoms with Gasteiger partial charge in [0, 0.05) is 17.4 Å². The number of carbonyl (C=O) groups excluding carboxylic acids is 2. The number of hydrogen-bond acceptors (Lipinski definition) is 5. The molecule has 0 aliphatic carbocycles. The quantitative estimate of drug-likeness (QED) is 0.573. The van der Waals surface area contributed by atoms with Crippen molar-refractivity contribution in [1.29, 1.82) is 0 Å². The van der Waals surface area contributed by atoms with E-state index in [2.05, 4.69) is 16.0 Å². The molecule has 0 spiro atoms. The number of furan rings is 1. The van der Waals surface area contributed by atoms with Crippen LogP contribution in [-0.4, -0.2) is 22.9 Å². The second-order valence-corrected chi connectivity index (χ2v) is 5.18. The van der Waals surface area contributed by atoms with Crippen LogP contribution in [0.2, 0.25) is 0 Å². The Kier molecular flexibility index (Phi) is 5.15. The molecule has 0 atom stereocenters. The molecule has 9 heteroatoms. The first-order valence-corrected chi connectivity index (χ1v) is 7.08. The van der Waals surface area contributed by atoms with Crippen LogP contribution in [0.1, 0.15) is 24.4 Å². The van der Waals surface area contributed by atoms with Crippen LogP contribution in [0.5, 0.6) is 0 Å². The number of hydrogen-bond donors (Lipinski definition) is 3. The summed E-state index contributed by atoms with van der Waals surface area (Å²) in [6.07, 6.45) is 0. The van der Waals surface area contributed by atoms with Gasteiger partial charge in [-0.15, -0.1) is 0 Å². The highest BCUT2D eigenvalue weighted by Gasteiger charge is 2.17. The third-order valence-electron chi connectivity index (χ3n) is 2.82. The maximum atomic E-state index is 11.9. The summed E-state index contributed by atoms with van der Waals surface area (Å²) in [5.41, 5.74) is 1.01. The lowest BCUT2D eigenvalue weighted by Crippen LogP contribution is -2.34. The predicted octanol–water partition coefficient (Wildman–Crippen LogP) is 2.97. The van der Waals surface area contributed by atoms with Gasteiger partial charge in [-0.2, -0.15) is 0 Å². The van der Waals surface area contributed by atoms with E-state index in [1.165, 1.54) is 6.07 Å². The summed E-state index contributed by atoms with van der Waals surface area (Å²) in [6, 6.07) is 8.40. The van der Waals surface area contributed by atoms with E-state index in [1.54, 1.807) is 24.3 Å². The number of nitrogens with zero attached hydrogens (tertiary/aromatic N) is 1. The maximum Gasteiger partial charge on any atom is 0.433 e. The first-order valence-electron chi connectivity index (χ1n) is 7.08. The molecule has 0 aliphatic rings. The molecule has 0 saturated carbocycles. The third kappa shape index (κ3) is 4.57. The highest BCUT2D eigenvalue weighted by atomic mass is 16.6. The van der Waals surface area contributed by atoms with Crippen LogP contribution in [-0.2, 0) is 0 Å². The van der Waals surface area contributed by atoms with Gasteiger partial charge in [0.05, 0.1) is 6.07 Å². The average molecular weight is 332 g/mol. The molecule has 126 valence electrons. The highest BCUT2D eigenvalue weighted by molar-refractivity contribution is 6.02. The fraction of sp³-hybridized carbons (Fsp3) is 0.200. The largest absolute Gasteiger partial charge is 0.433 e. The smallest absolute Gasteiger partial charge is 0.395 e. The number of nitrogens with one attached hydrogen (secondary N) is 3. The van der Waals surface area contributed by atoms with Gasteiger partial charge in [0.2, 0.25) is 0 Å². The first-order chi connectivity index (χ1) is 11.3. The molecular formula is C15H16N4O5. The minimum Gasteiger partial charge on any atom is -0.395 e. The van der Waals surface area contributed by atoms with Gasteiger partial charge in [-0.1, -0.05) is 0 Å². The van der Waals surface area contributed by atoms with Gasteiger partial charge in [0.15, 0.2) is 5.76 Å². The molecule has 0 unspecified atom stereocenters. The Balaban J connectivity index is 1.96. The molecule has 0 aliphatic heterocycles. The molecule has 0 bridgehead atoms. The van der Waals surface area contributed by atoms with Gasteiger partial charge in [-0.25, -0.2) is 4.79 Å². The van der Waals surface area contributed by atoms with Crippen molar-refractivity contribution in [3.8, 4) is 0 Å². The van der Waals surface area contributed by atoms with Crippen molar-refractivity contribution in [2.75, 3.05) is 10.6 Å². The second kappa shape index (κ2) is 7.27. The number of benzene rings is 1. The molecule has 3 amide bonds. The molecule has 24 heavy (non-hydrogen) atoms. The number of amides is 3. The highest BCUT2D eigenvalue weighted by Crippen LogP contribution is 2.18. The Labute approximate surface area is 137 Å². The molecule has 1 heterocycles. The fourth-order valence-electron chi connectivity index (χ4n) is 1.81. The average Bonchev–Trinajstić information content (AvgIpc) is 2.98. The minimum absolute atomic E-state index is 0.0147. The van der Waals surface area contributed by atoms with Crippen molar-refractivity contribution in [2.24, 2.45) is 0 Å². The topological polar surface area (TPSA) is 127 Å². The van der Waals surface area contributed by atoms with Crippen molar-refractivity contribution in [2.45, 2.75) is 19.9 Å². The summed E-state index contributed by atoms with van der Waals surface area (Å²) in [4.78, 5) is 33.3. The minimum atomic E-state index is -0.723. The molecule has 9 nitrogen and oxygen atoms in total. The van der Waals surface area contributed by atoms with Crippen LogP contribution >= 0.6 is 0 Å². The SMILES string of the molecule is CC(C)NC(=O)Nc1ccc(NC(=O)c2ccc([N+](=O)[O-])o2)cc1. The Morgan fingerprint density at radius 2 is 1.62 bits per heavy atom. The van der Waals surface area contributed by atoms with Crippen molar-refractivity contribution in [3.05, 3.63) is 52.3 Å². The molecule has 0 saturated heterocycles. The summed E-state index contributed by atoms with van der Waals surface area (Å²) in [7, 11) is 0. The van der Waals surface area contributed by atoms with Crippen LogP contribution in [0.15, 0.2) is 40.8 Å². The Morgan fingerprint density at radius 1 is 1.04 bits per heavy atom. The summed E-state index contributed by atoms with van der Waals surface area (Å²) in [6.45, 7) is 3.69. The standard InChI is InChI=1S/C15H16N4O5/c1-9(2)16-15(21)18-11-5-3-10(4-6-11)17-14(20)12-7-8-13(24-12)19(22)23/h3-9H,1-2H3,(H,17,20)(H2,16,18,21). The fourth-order valence-corrected chi connectivity index (χ4v) is 1.81. The molecule has 3 N–H and O–H groups in total. The summed E-state index contributed by atoms with van der Waals surface area (Å²) < 4.78 is 4.82. The van der Waals surface area contributed by atoms with E-state index < -0.39 is 16.7 Å². The predicted molar refractivity (Wildman–Crippen MR) is 87.0 cm³/mol. The van der Waals surface area contributed by atoms with Crippen molar-refractivity contribution in [3.63, 3.8) is 0 Å². The van der Waals surface area contributed by atoms with E-state index >= 15 is 0 Å². The van der Waals surface area contributed by atoms with Crippen LogP contribution < -0.4 is 16.0 Å². The normalized spacial score (nSPS) is 10.3. The van der Waals surface area contributed by atoms with Crippen molar-refractivity contribution >= 4 is 29.2 Å². The van der Waals surface area contributed by atoms with Gasteiger partial charge < -0.3 is 20.4 Å². The number of rotatable bonds is 5. The van der Waals surface area contributed by atoms with Crippen LogP contribution in [0.25, 0.3) is 0 Å². The number of nitro groups is 1. The lowest BCUT2D eigenvalue weighted by Gasteiger charge is -2.10. The van der Waals surface area contributed by atoms with E-state index in [0.717, 1.165) is 6.07 Å². The zero-order chi connectivity index (χ0) is 17.7. The maximum absolute atomic E-state index is 11.9. The zero-order valence-corrected chi connectivity index (χ0v) is 13.0. The molecule has 1 aromatic carbocycles. The van der Waals surface area contributed by atoms with E-state index in [-0.39, 0.29) is 17.8 Å². The van der Waals surface area contributed by atoms with E-state index in [0.29, 0.717) is 11.4 Å². The van der Waals surface area contributed by atoms with E-state index in [9.17, 15) is 19.7 Å². The third-order valence-corrected chi connectivity index (χ3v) is 2.82. The van der Waals surface area contributed by atoms with Crippen LogP contribution in [0.4, 0.5) is 22.1 Å². The zero-order valence-electron chi connectivity index (χ0n) is 13.0. The summed E-state index contributed by atoms with van der Waals surface area (Å²) in [5.74, 6) is -1.28.